The van der Waals surface area contributed by atoms with Crippen molar-refractivity contribution in [1.29, 1.82) is 0 Å². The molecule has 0 aromatic heterocycles. The maximum absolute atomic E-state index is 12.1. The summed E-state index contributed by atoms with van der Waals surface area (Å²) in [6, 6.07) is 0. The number of carbonyl (C=O) groups excluding carboxylic acids is 2. The predicted octanol–water partition coefficient (Wildman–Crippen LogP) is 3.33. The molecule has 1 heterocycles. The zero-order valence-corrected chi connectivity index (χ0v) is 11.8. The van der Waals surface area contributed by atoms with Crippen molar-refractivity contribution in [2.45, 2.75) is 76.9 Å². The molecule has 2 rings (SSSR count). The van der Waals surface area contributed by atoms with E-state index < -0.39 is 11.7 Å². The van der Waals surface area contributed by atoms with Crippen molar-refractivity contribution in [2.24, 2.45) is 5.92 Å². The van der Waals surface area contributed by atoms with Gasteiger partial charge in [0, 0.05) is 12.8 Å². The van der Waals surface area contributed by atoms with Gasteiger partial charge in [-0.2, -0.15) is 0 Å². The molecule has 0 aromatic rings. The molecule has 0 atom stereocenters. The Balaban J connectivity index is 2.02. The van der Waals surface area contributed by atoms with Crippen LogP contribution in [-0.2, 0) is 19.1 Å². The Labute approximate surface area is 114 Å². The van der Waals surface area contributed by atoms with E-state index in [1.165, 1.54) is 6.42 Å². The van der Waals surface area contributed by atoms with E-state index in [9.17, 15) is 9.59 Å². The van der Waals surface area contributed by atoms with Crippen molar-refractivity contribution in [3.8, 4) is 0 Å². The van der Waals surface area contributed by atoms with Gasteiger partial charge in [0.05, 0.1) is 0 Å². The standard InChI is InChI=1S/C15H24O4/c1-2-3-9-12-13(16)18-15(19-14(12)17)10-7-5-4-6-8-11-15/h12H,2-11H2,1H3. The van der Waals surface area contributed by atoms with E-state index in [0.717, 1.165) is 38.5 Å². The van der Waals surface area contributed by atoms with Crippen LogP contribution in [0.15, 0.2) is 0 Å². The van der Waals surface area contributed by atoms with E-state index in [-0.39, 0.29) is 11.9 Å². The zero-order valence-electron chi connectivity index (χ0n) is 11.8. The molecule has 1 aliphatic carbocycles. The van der Waals surface area contributed by atoms with Crippen LogP contribution in [0.3, 0.4) is 0 Å². The fourth-order valence-corrected chi connectivity index (χ4v) is 2.92. The average molecular weight is 268 g/mol. The van der Waals surface area contributed by atoms with Crippen molar-refractivity contribution in [1.82, 2.24) is 0 Å². The highest BCUT2D eigenvalue weighted by Crippen LogP contribution is 2.36. The number of carbonyl (C=O) groups is 2. The van der Waals surface area contributed by atoms with Crippen LogP contribution in [0.4, 0.5) is 0 Å². The summed E-state index contributed by atoms with van der Waals surface area (Å²) in [4.78, 5) is 24.1. The third-order valence-electron chi connectivity index (χ3n) is 4.10. The summed E-state index contributed by atoms with van der Waals surface area (Å²) in [7, 11) is 0. The minimum absolute atomic E-state index is 0.370. The highest BCUT2D eigenvalue weighted by atomic mass is 16.7. The number of hydrogen-bond donors (Lipinski definition) is 0. The highest BCUT2D eigenvalue weighted by molar-refractivity contribution is 5.96. The van der Waals surface area contributed by atoms with Crippen LogP contribution < -0.4 is 0 Å². The van der Waals surface area contributed by atoms with Gasteiger partial charge in [-0.05, 0) is 19.3 Å². The summed E-state index contributed by atoms with van der Waals surface area (Å²) < 4.78 is 11.1. The maximum Gasteiger partial charge on any atom is 0.323 e. The molecular formula is C15H24O4. The third-order valence-corrected chi connectivity index (χ3v) is 4.10. The minimum Gasteiger partial charge on any atom is -0.422 e. The largest absolute Gasteiger partial charge is 0.422 e. The van der Waals surface area contributed by atoms with Gasteiger partial charge in [0.15, 0.2) is 5.92 Å². The third kappa shape index (κ3) is 3.48. The molecule has 1 saturated heterocycles. The van der Waals surface area contributed by atoms with Crippen LogP contribution >= 0.6 is 0 Å². The number of esters is 2. The topological polar surface area (TPSA) is 52.6 Å². The molecule has 108 valence electrons. The molecular weight excluding hydrogens is 244 g/mol. The van der Waals surface area contributed by atoms with E-state index in [2.05, 4.69) is 0 Å². The van der Waals surface area contributed by atoms with E-state index in [4.69, 9.17) is 9.47 Å². The molecule has 0 N–H and O–H groups in total. The Hall–Kier alpha value is -1.06. The van der Waals surface area contributed by atoms with Gasteiger partial charge in [0.2, 0.25) is 0 Å². The van der Waals surface area contributed by atoms with Crippen LogP contribution in [0, 0.1) is 5.92 Å². The number of rotatable bonds is 3. The van der Waals surface area contributed by atoms with Gasteiger partial charge in [0.25, 0.3) is 5.79 Å². The fraction of sp³-hybridized carbons (Fsp3) is 0.867. The lowest BCUT2D eigenvalue weighted by Crippen LogP contribution is -2.50. The normalized spacial score (nSPS) is 24.5. The van der Waals surface area contributed by atoms with Gasteiger partial charge in [-0.25, -0.2) is 0 Å². The first-order chi connectivity index (χ1) is 9.17. The Morgan fingerprint density at radius 1 is 1.00 bits per heavy atom. The van der Waals surface area contributed by atoms with Crippen LogP contribution in [-0.4, -0.2) is 17.7 Å². The van der Waals surface area contributed by atoms with Crippen molar-refractivity contribution >= 4 is 11.9 Å². The molecule has 19 heavy (non-hydrogen) atoms. The highest BCUT2D eigenvalue weighted by Gasteiger charge is 2.47. The first kappa shape index (κ1) is 14.4. The summed E-state index contributed by atoms with van der Waals surface area (Å²) >= 11 is 0. The number of ether oxygens (including phenoxy) is 2. The lowest BCUT2D eigenvalue weighted by Gasteiger charge is -2.39. The fourth-order valence-electron chi connectivity index (χ4n) is 2.92. The van der Waals surface area contributed by atoms with Crippen LogP contribution in [0.1, 0.15) is 71.1 Å². The van der Waals surface area contributed by atoms with Crippen LogP contribution in [0.2, 0.25) is 0 Å². The van der Waals surface area contributed by atoms with Crippen molar-refractivity contribution in [3.63, 3.8) is 0 Å². The Morgan fingerprint density at radius 3 is 2.05 bits per heavy atom. The molecule has 4 nitrogen and oxygen atoms in total. The van der Waals surface area contributed by atoms with Crippen molar-refractivity contribution in [3.05, 3.63) is 0 Å². The quantitative estimate of drug-likeness (QED) is 0.582. The second-order valence-corrected chi connectivity index (χ2v) is 5.72. The number of hydrogen-bond acceptors (Lipinski definition) is 4. The molecule has 4 heteroatoms. The zero-order chi connectivity index (χ0) is 13.7. The summed E-state index contributed by atoms with van der Waals surface area (Å²) in [5.74, 6) is -2.39. The minimum atomic E-state index is -0.947. The Kier molecular flexibility index (Phi) is 4.83. The van der Waals surface area contributed by atoms with Crippen molar-refractivity contribution in [2.75, 3.05) is 0 Å². The maximum atomic E-state index is 12.1. The van der Waals surface area contributed by atoms with E-state index in [0.29, 0.717) is 19.3 Å². The molecule has 2 aliphatic rings. The molecule has 1 spiro atoms. The smallest absolute Gasteiger partial charge is 0.323 e. The van der Waals surface area contributed by atoms with E-state index in [1.54, 1.807) is 0 Å². The molecule has 0 radical (unpaired) electrons. The van der Waals surface area contributed by atoms with Gasteiger partial charge >= 0.3 is 11.9 Å². The van der Waals surface area contributed by atoms with Gasteiger partial charge < -0.3 is 9.47 Å². The first-order valence-corrected chi connectivity index (χ1v) is 7.62. The molecule has 1 aliphatic heterocycles. The second kappa shape index (κ2) is 6.40. The summed E-state index contributed by atoms with van der Waals surface area (Å²) in [5, 5.41) is 0. The lowest BCUT2D eigenvalue weighted by molar-refractivity contribution is -0.258. The first-order valence-electron chi connectivity index (χ1n) is 7.62. The van der Waals surface area contributed by atoms with E-state index in [1.807, 2.05) is 6.92 Å². The number of unbranched alkanes of at least 4 members (excludes halogenated alkanes) is 1. The monoisotopic (exact) mass is 268 g/mol. The van der Waals surface area contributed by atoms with Crippen LogP contribution in [0.25, 0.3) is 0 Å². The van der Waals surface area contributed by atoms with Crippen molar-refractivity contribution < 1.29 is 19.1 Å². The van der Waals surface area contributed by atoms with Gasteiger partial charge in [-0.1, -0.05) is 39.0 Å². The molecule has 0 bridgehead atoms. The van der Waals surface area contributed by atoms with Crippen LogP contribution in [0.5, 0.6) is 0 Å². The molecule has 0 unspecified atom stereocenters. The molecule has 1 saturated carbocycles. The molecule has 0 aromatic carbocycles. The second-order valence-electron chi connectivity index (χ2n) is 5.72. The predicted molar refractivity (Wildman–Crippen MR) is 70.2 cm³/mol. The summed E-state index contributed by atoms with van der Waals surface area (Å²) in [5.41, 5.74) is 0. The van der Waals surface area contributed by atoms with Gasteiger partial charge in [-0.15, -0.1) is 0 Å². The van der Waals surface area contributed by atoms with Gasteiger partial charge in [-0.3, -0.25) is 9.59 Å². The molecule has 2 fully saturated rings. The van der Waals surface area contributed by atoms with E-state index >= 15 is 0 Å². The Morgan fingerprint density at radius 2 is 1.53 bits per heavy atom. The summed E-state index contributed by atoms with van der Waals surface area (Å²) in [6.45, 7) is 2.04. The summed E-state index contributed by atoms with van der Waals surface area (Å²) in [6.07, 6.45) is 9.05. The average Bonchev–Trinajstić information content (AvgIpc) is 2.34. The van der Waals surface area contributed by atoms with Gasteiger partial charge in [0.1, 0.15) is 0 Å². The Bertz CT molecular complexity index is 309. The SMILES string of the molecule is CCCCC1C(=O)OC2(CCCCCCC2)OC1=O. The lowest BCUT2D eigenvalue weighted by atomic mass is 9.93. The molecule has 0 amide bonds.